The fourth-order valence-electron chi connectivity index (χ4n) is 1.43. The summed E-state index contributed by atoms with van der Waals surface area (Å²) in [5.74, 6) is 1.42. The second kappa shape index (κ2) is 4.07. The molecule has 1 N–H and O–H groups in total. The lowest BCUT2D eigenvalue weighted by atomic mass is 10.1. The molecular formula is C10H12ClNO2. The summed E-state index contributed by atoms with van der Waals surface area (Å²) in [6.07, 6.45) is 0.937. The highest BCUT2D eigenvalue weighted by atomic mass is 35.5. The van der Waals surface area contributed by atoms with E-state index < -0.39 is 0 Å². The molecule has 1 aliphatic heterocycles. The molecule has 0 radical (unpaired) electrons. The molecule has 0 spiro atoms. The van der Waals surface area contributed by atoms with Crippen LogP contribution in [0.2, 0.25) is 5.02 Å². The molecule has 0 saturated heterocycles. The number of hydrogen-bond acceptors (Lipinski definition) is 3. The molecule has 76 valence electrons. The van der Waals surface area contributed by atoms with Crippen molar-refractivity contribution in [3.63, 3.8) is 0 Å². The third-order valence-electron chi connectivity index (χ3n) is 2.15. The monoisotopic (exact) mass is 213 g/mol. The maximum atomic E-state index is 6.03. The van der Waals surface area contributed by atoms with Crippen molar-refractivity contribution in [3.8, 4) is 11.5 Å². The highest BCUT2D eigenvalue weighted by Crippen LogP contribution is 2.39. The Labute approximate surface area is 88.0 Å². The molecule has 1 heterocycles. The standard InChI is InChI=1S/C10H12ClNO2/c1-12-3-2-7-4-8(11)10-9(5-7)13-6-14-10/h4-5,12H,2-3,6H2,1H3. The lowest BCUT2D eigenvalue weighted by Crippen LogP contribution is -2.10. The van der Waals surface area contributed by atoms with E-state index in [2.05, 4.69) is 5.32 Å². The van der Waals surface area contributed by atoms with E-state index in [1.807, 2.05) is 19.2 Å². The Morgan fingerprint density at radius 1 is 1.43 bits per heavy atom. The van der Waals surface area contributed by atoms with Crippen LogP contribution >= 0.6 is 11.6 Å². The number of nitrogens with one attached hydrogen (secondary N) is 1. The molecule has 0 atom stereocenters. The molecule has 0 aliphatic carbocycles. The van der Waals surface area contributed by atoms with Gasteiger partial charge in [0.2, 0.25) is 6.79 Å². The quantitative estimate of drug-likeness (QED) is 0.831. The van der Waals surface area contributed by atoms with Crippen LogP contribution in [0.5, 0.6) is 11.5 Å². The van der Waals surface area contributed by atoms with Crippen LogP contribution in [-0.4, -0.2) is 20.4 Å². The maximum Gasteiger partial charge on any atom is 0.231 e. The van der Waals surface area contributed by atoms with Crippen LogP contribution in [0.15, 0.2) is 12.1 Å². The largest absolute Gasteiger partial charge is 0.454 e. The van der Waals surface area contributed by atoms with Gasteiger partial charge in [0.15, 0.2) is 11.5 Å². The Hall–Kier alpha value is -0.930. The normalized spacial score (nSPS) is 13.3. The van der Waals surface area contributed by atoms with Gasteiger partial charge in [-0.3, -0.25) is 0 Å². The summed E-state index contributed by atoms with van der Waals surface area (Å²) in [6.45, 7) is 1.19. The van der Waals surface area contributed by atoms with E-state index in [9.17, 15) is 0 Å². The van der Waals surface area contributed by atoms with E-state index in [-0.39, 0.29) is 6.79 Å². The topological polar surface area (TPSA) is 30.5 Å². The summed E-state index contributed by atoms with van der Waals surface area (Å²) in [6, 6.07) is 3.90. The molecule has 3 nitrogen and oxygen atoms in total. The molecule has 0 fully saturated rings. The zero-order chi connectivity index (χ0) is 9.97. The molecule has 0 saturated carbocycles. The van der Waals surface area contributed by atoms with E-state index >= 15 is 0 Å². The van der Waals surface area contributed by atoms with Gasteiger partial charge >= 0.3 is 0 Å². The van der Waals surface area contributed by atoms with Gasteiger partial charge in [-0.25, -0.2) is 0 Å². The predicted molar refractivity (Wildman–Crippen MR) is 55.2 cm³/mol. The lowest BCUT2D eigenvalue weighted by Gasteiger charge is -2.04. The summed E-state index contributed by atoms with van der Waals surface area (Å²) in [5, 5.41) is 3.72. The first-order chi connectivity index (χ1) is 6.81. The summed E-state index contributed by atoms with van der Waals surface area (Å²) in [5.41, 5.74) is 1.16. The molecule has 1 aromatic carbocycles. The molecule has 0 amide bonds. The Morgan fingerprint density at radius 2 is 2.29 bits per heavy atom. The average Bonchev–Trinajstić information content (AvgIpc) is 2.63. The smallest absolute Gasteiger partial charge is 0.231 e. The lowest BCUT2D eigenvalue weighted by molar-refractivity contribution is 0.174. The summed E-state index contributed by atoms with van der Waals surface area (Å²) in [4.78, 5) is 0. The molecule has 14 heavy (non-hydrogen) atoms. The first kappa shape index (κ1) is 9.62. The van der Waals surface area contributed by atoms with Crippen molar-refractivity contribution in [2.45, 2.75) is 6.42 Å². The molecule has 0 aromatic heterocycles. The van der Waals surface area contributed by atoms with Crippen molar-refractivity contribution in [1.29, 1.82) is 0 Å². The van der Waals surface area contributed by atoms with Gasteiger partial charge in [-0.15, -0.1) is 0 Å². The summed E-state index contributed by atoms with van der Waals surface area (Å²) >= 11 is 6.03. The summed E-state index contributed by atoms with van der Waals surface area (Å²) in [7, 11) is 1.93. The Balaban J connectivity index is 2.23. The van der Waals surface area contributed by atoms with Crippen LogP contribution in [0.25, 0.3) is 0 Å². The molecule has 2 rings (SSSR count). The molecule has 0 bridgehead atoms. The minimum atomic E-state index is 0.268. The van der Waals surface area contributed by atoms with Crippen molar-refractivity contribution >= 4 is 11.6 Å². The van der Waals surface area contributed by atoms with Gasteiger partial charge < -0.3 is 14.8 Å². The zero-order valence-electron chi connectivity index (χ0n) is 7.97. The number of ether oxygens (including phenoxy) is 2. The zero-order valence-corrected chi connectivity index (χ0v) is 8.73. The summed E-state index contributed by atoms with van der Waals surface area (Å²) < 4.78 is 10.5. The predicted octanol–water partition coefficient (Wildman–Crippen LogP) is 1.83. The van der Waals surface area contributed by atoms with Gasteiger partial charge in [0.05, 0.1) is 5.02 Å². The average molecular weight is 214 g/mol. The molecule has 0 unspecified atom stereocenters. The third kappa shape index (κ3) is 1.79. The van der Waals surface area contributed by atoms with Crippen LogP contribution in [0.3, 0.4) is 0 Å². The van der Waals surface area contributed by atoms with Crippen molar-refractivity contribution in [3.05, 3.63) is 22.7 Å². The number of fused-ring (bicyclic) bond motifs is 1. The Bertz CT molecular complexity index is 341. The molecule has 1 aliphatic rings. The van der Waals surface area contributed by atoms with E-state index in [1.165, 1.54) is 0 Å². The minimum absolute atomic E-state index is 0.268. The minimum Gasteiger partial charge on any atom is -0.454 e. The van der Waals surface area contributed by atoms with Crippen LogP contribution in [0.1, 0.15) is 5.56 Å². The molecule has 4 heteroatoms. The van der Waals surface area contributed by atoms with Gasteiger partial charge in [0.1, 0.15) is 0 Å². The van der Waals surface area contributed by atoms with Crippen molar-refractivity contribution in [2.24, 2.45) is 0 Å². The van der Waals surface area contributed by atoms with Gasteiger partial charge in [-0.05, 0) is 37.7 Å². The van der Waals surface area contributed by atoms with Crippen molar-refractivity contribution in [2.75, 3.05) is 20.4 Å². The van der Waals surface area contributed by atoms with E-state index in [4.69, 9.17) is 21.1 Å². The van der Waals surface area contributed by atoms with Crippen LogP contribution in [-0.2, 0) is 6.42 Å². The highest BCUT2D eigenvalue weighted by Gasteiger charge is 2.17. The van der Waals surface area contributed by atoms with Gasteiger partial charge in [0, 0.05) is 0 Å². The number of likely N-dealkylation sites (N-methyl/N-ethyl adjacent to an activating group) is 1. The number of halogens is 1. The second-order valence-corrected chi connectivity index (χ2v) is 3.57. The first-order valence-corrected chi connectivity index (χ1v) is 4.91. The molecular weight excluding hydrogens is 202 g/mol. The fraction of sp³-hybridized carbons (Fsp3) is 0.400. The highest BCUT2D eigenvalue weighted by molar-refractivity contribution is 6.32. The van der Waals surface area contributed by atoms with Crippen molar-refractivity contribution in [1.82, 2.24) is 5.32 Å². The number of hydrogen-bond donors (Lipinski definition) is 1. The van der Waals surface area contributed by atoms with Gasteiger partial charge in [-0.2, -0.15) is 0 Å². The maximum absolute atomic E-state index is 6.03. The van der Waals surface area contributed by atoms with E-state index in [0.717, 1.165) is 24.3 Å². The van der Waals surface area contributed by atoms with E-state index in [0.29, 0.717) is 10.8 Å². The Morgan fingerprint density at radius 3 is 3.07 bits per heavy atom. The van der Waals surface area contributed by atoms with Gasteiger partial charge in [0.25, 0.3) is 0 Å². The van der Waals surface area contributed by atoms with Crippen LogP contribution < -0.4 is 14.8 Å². The SMILES string of the molecule is CNCCc1cc(Cl)c2c(c1)OCO2. The van der Waals surface area contributed by atoms with Crippen molar-refractivity contribution < 1.29 is 9.47 Å². The Kier molecular flexibility index (Phi) is 2.79. The number of benzene rings is 1. The third-order valence-corrected chi connectivity index (χ3v) is 2.43. The second-order valence-electron chi connectivity index (χ2n) is 3.16. The molecule has 1 aromatic rings. The van der Waals surface area contributed by atoms with Crippen LogP contribution in [0.4, 0.5) is 0 Å². The number of rotatable bonds is 3. The van der Waals surface area contributed by atoms with Gasteiger partial charge in [-0.1, -0.05) is 11.6 Å². The first-order valence-electron chi connectivity index (χ1n) is 4.54. The fourth-order valence-corrected chi connectivity index (χ4v) is 1.72. The van der Waals surface area contributed by atoms with E-state index in [1.54, 1.807) is 0 Å². The van der Waals surface area contributed by atoms with Crippen LogP contribution in [0, 0.1) is 0 Å².